The average Bonchev–Trinajstić information content (AvgIpc) is 3.69. The minimum absolute atomic E-state index is 0.0555. The van der Waals surface area contributed by atoms with Crippen LogP contribution in [0.15, 0.2) is 170 Å². The fourth-order valence-electron chi connectivity index (χ4n) is 9.93. The van der Waals surface area contributed by atoms with Crippen LogP contribution in [0, 0.1) is 0 Å². The van der Waals surface area contributed by atoms with E-state index in [9.17, 15) is 0 Å². The molecule has 3 aliphatic rings. The van der Waals surface area contributed by atoms with Crippen molar-refractivity contribution < 1.29 is 0 Å². The number of fused-ring (bicyclic) bond motifs is 8. The number of benzene rings is 5. The lowest BCUT2D eigenvalue weighted by Gasteiger charge is -2.36. The summed E-state index contributed by atoms with van der Waals surface area (Å²) < 4.78 is 2.42. The van der Waals surface area contributed by atoms with Gasteiger partial charge in [-0.25, -0.2) is 0 Å². The van der Waals surface area contributed by atoms with Crippen LogP contribution < -0.4 is 4.90 Å². The van der Waals surface area contributed by atoms with Crippen LogP contribution in [0.1, 0.15) is 56.4 Å². The monoisotopic (exact) mass is 722 g/mol. The summed E-state index contributed by atoms with van der Waals surface area (Å²) in [5.74, 6) is 0. The molecule has 3 aromatic heterocycles. The van der Waals surface area contributed by atoms with E-state index in [1.165, 1.54) is 94.5 Å². The lowest BCUT2D eigenvalue weighted by molar-refractivity contribution is 0.623. The van der Waals surface area contributed by atoms with Gasteiger partial charge in [-0.15, -0.1) is 0 Å². The standard InChI is InChI=1S/C52H42N4/c1-51(2)44-13-9-8-12-40(44)41-24-23-39(29-45(41)51)55(37-19-14-34(15-20-37)33-10-6-5-7-11-33)38-21-16-35(17-22-38)36-18-25-48-42(28-36)43-30-54-32-47-50(43)56(48)49-26-27-53-31-46(49)52(47,3)4/h5-22,24-32,39H,23H2,1-4H3. The normalized spacial score (nSPS) is 17.2. The number of rotatable bonds is 5. The molecule has 0 saturated carbocycles. The zero-order valence-corrected chi connectivity index (χ0v) is 32.2. The molecule has 5 aromatic carbocycles. The molecule has 4 nitrogen and oxygen atoms in total. The lowest BCUT2D eigenvalue weighted by atomic mass is 9.76. The van der Waals surface area contributed by atoms with Gasteiger partial charge in [-0.1, -0.05) is 125 Å². The maximum absolute atomic E-state index is 4.77. The maximum atomic E-state index is 4.77. The first-order chi connectivity index (χ1) is 27.3. The Hall–Kier alpha value is -6.52. The first-order valence-electron chi connectivity index (χ1n) is 19.7. The number of anilines is 2. The van der Waals surface area contributed by atoms with Crippen LogP contribution in [0.3, 0.4) is 0 Å². The van der Waals surface area contributed by atoms with E-state index in [1.54, 1.807) is 0 Å². The molecule has 1 atom stereocenters. The third kappa shape index (κ3) is 4.72. The Morgan fingerprint density at radius 2 is 1.25 bits per heavy atom. The minimum atomic E-state index is -0.198. The Morgan fingerprint density at radius 3 is 2.02 bits per heavy atom. The van der Waals surface area contributed by atoms with E-state index in [4.69, 9.17) is 4.98 Å². The van der Waals surface area contributed by atoms with Gasteiger partial charge in [-0.3, -0.25) is 9.97 Å². The van der Waals surface area contributed by atoms with E-state index in [-0.39, 0.29) is 16.9 Å². The highest BCUT2D eigenvalue weighted by molar-refractivity contribution is 6.12. The van der Waals surface area contributed by atoms with Crippen molar-refractivity contribution in [1.29, 1.82) is 0 Å². The van der Waals surface area contributed by atoms with Crippen LogP contribution in [0.25, 0.3) is 55.3 Å². The summed E-state index contributed by atoms with van der Waals surface area (Å²) in [6.07, 6.45) is 14.0. The number of pyridine rings is 2. The average molecular weight is 723 g/mol. The van der Waals surface area contributed by atoms with Gasteiger partial charge in [0.25, 0.3) is 0 Å². The predicted molar refractivity (Wildman–Crippen MR) is 232 cm³/mol. The van der Waals surface area contributed by atoms with Crippen LogP contribution in [-0.2, 0) is 10.8 Å². The van der Waals surface area contributed by atoms with Crippen molar-refractivity contribution in [1.82, 2.24) is 14.5 Å². The molecular formula is C52H42N4. The molecule has 270 valence electrons. The maximum Gasteiger partial charge on any atom is 0.0613 e. The molecule has 1 aliphatic heterocycles. The smallest absolute Gasteiger partial charge is 0.0613 e. The molecular weight excluding hydrogens is 681 g/mol. The topological polar surface area (TPSA) is 34.0 Å². The van der Waals surface area contributed by atoms with Crippen molar-refractivity contribution in [2.24, 2.45) is 0 Å². The molecule has 2 aliphatic carbocycles. The van der Waals surface area contributed by atoms with Crippen LogP contribution >= 0.6 is 0 Å². The molecule has 4 heterocycles. The molecule has 0 saturated heterocycles. The van der Waals surface area contributed by atoms with Gasteiger partial charge < -0.3 is 9.47 Å². The van der Waals surface area contributed by atoms with E-state index >= 15 is 0 Å². The highest BCUT2D eigenvalue weighted by atomic mass is 15.2. The number of allylic oxidation sites excluding steroid dienone is 2. The summed E-state index contributed by atoms with van der Waals surface area (Å²) in [6.45, 7) is 9.32. The minimum Gasteiger partial charge on any atom is -0.334 e. The van der Waals surface area contributed by atoms with Crippen molar-refractivity contribution in [2.45, 2.75) is 51.0 Å². The summed E-state index contributed by atoms with van der Waals surface area (Å²) in [6, 6.07) is 47.1. The first kappa shape index (κ1) is 32.9. The zero-order valence-electron chi connectivity index (χ0n) is 32.2. The summed E-state index contributed by atoms with van der Waals surface area (Å²) in [5, 5.41) is 2.40. The van der Waals surface area contributed by atoms with Crippen LogP contribution in [0.4, 0.5) is 11.4 Å². The Labute approximate surface area is 328 Å². The summed E-state index contributed by atoms with van der Waals surface area (Å²) in [4.78, 5) is 11.8. The van der Waals surface area contributed by atoms with E-state index in [0.29, 0.717) is 0 Å². The quantitative estimate of drug-likeness (QED) is 0.177. The Bertz CT molecular complexity index is 2930. The predicted octanol–water partition coefficient (Wildman–Crippen LogP) is 12.8. The Kier molecular flexibility index (Phi) is 7.04. The second kappa shape index (κ2) is 12.0. The molecule has 8 aromatic rings. The number of hydrogen-bond donors (Lipinski definition) is 0. The lowest BCUT2D eigenvalue weighted by Crippen LogP contribution is -2.32. The van der Waals surface area contributed by atoms with Crippen molar-refractivity contribution in [3.63, 3.8) is 0 Å². The third-order valence-electron chi connectivity index (χ3n) is 12.9. The van der Waals surface area contributed by atoms with Gasteiger partial charge in [0.05, 0.1) is 22.8 Å². The van der Waals surface area contributed by atoms with E-state index in [2.05, 4.69) is 182 Å². The van der Waals surface area contributed by atoms with Gasteiger partial charge in [0.2, 0.25) is 0 Å². The second-order valence-corrected chi connectivity index (χ2v) is 16.7. The molecule has 11 rings (SSSR count). The van der Waals surface area contributed by atoms with Gasteiger partial charge in [0.1, 0.15) is 0 Å². The summed E-state index contributed by atoms with van der Waals surface area (Å²) >= 11 is 0. The molecule has 0 spiro atoms. The molecule has 56 heavy (non-hydrogen) atoms. The highest BCUT2D eigenvalue weighted by Crippen LogP contribution is 2.52. The SMILES string of the molecule is CC1(C)C2=CC(N(c3ccc(-c4ccccc4)cc3)c3ccc(-c4ccc5c(c4)c4cncc6c4n5-c4ccncc4C6(C)C)cc3)CC=C2c2ccccc21. The van der Waals surface area contributed by atoms with E-state index < -0.39 is 0 Å². The number of hydrogen-bond acceptors (Lipinski definition) is 3. The van der Waals surface area contributed by atoms with Gasteiger partial charge in [0.15, 0.2) is 0 Å². The van der Waals surface area contributed by atoms with Crippen LogP contribution in [0.5, 0.6) is 0 Å². The van der Waals surface area contributed by atoms with Gasteiger partial charge >= 0.3 is 0 Å². The first-order valence-corrected chi connectivity index (χ1v) is 19.7. The molecule has 0 bridgehead atoms. The molecule has 0 radical (unpaired) electrons. The Morgan fingerprint density at radius 1 is 0.589 bits per heavy atom. The van der Waals surface area contributed by atoms with Crippen LogP contribution in [0.2, 0.25) is 0 Å². The van der Waals surface area contributed by atoms with E-state index in [1.807, 2.05) is 24.8 Å². The number of aromatic nitrogens is 3. The molecule has 0 fully saturated rings. The van der Waals surface area contributed by atoms with Crippen molar-refractivity contribution in [3.8, 4) is 27.9 Å². The molecule has 4 heteroatoms. The molecule has 0 N–H and O–H groups in total. The molecule has 1 unspecified atom stereocenters. The van der Waals surface area contributed by atoms with Gasteiger partial charge in [0, 0.05) is 68.9 Å². The fraction of sp³-hybridized carbons (Fsp3) is 0.154. The van der Waals surface area contributed by atoms with E-state index in [0.717, 1.165) is 6.42 Å². The van der Waals surface area contributed by atoms with Crippen LogP contribution in [-0.4, -0.2) is 20.6 Å². The van der Waals surface area contributed by atoms with Crippen molar-refractivity contribution in [2.75, 3.05) is 4.90 Å². The van der Waals surface area contributed by atoms with Crippen molar-refractivity contribution in [3.05, 3.63) is 192 Å². The highest BCUT2D eigenvalue weighted by Gasteiger charge is 2.40. The largest absolute Gasteiger partial charge is 0.334 e. The van der Waals surface area contributed by atoms with Crippen molar-refractivity contribution >= 4 is 38.8 Å². The second-order valence-electron chi connectivity index (χ2n) is 16.7. The third-order valence-corrected chi connectivity index (χ3v) is 12.9. The Balaban J connectivity index is 1.00. The summed E-state index contributed by atoms with van der Waals surface area (Å²) in [5.41, 5.74) is 18.7. The summed E-state index contributed by atoms with van der Waals surface area (Å²) in [7, 11) is 0. The number of nitrogens with zero attached hydrogens (tertiary/aromatic N) is 4. The zero-order chi connectivity index (χ0) is 37.8. The van der Waals surface area contributed by atoms with Gasteiger partial charge in [-0.05, 0) is 93.4 Å². The molecule has 0 amide bonds. The van der Waals surface area contributed by atoms with Gasteiger partial charge in [-0.2, -0.15) is 0 Å². The fourth-order valence-corrected chi connectivity index (χ4v) is 9.93.